The Hall–Kier alpha value is -2.74. The second kappa shape index (κ2) is 6.45. The average molecular weight is 373 g/mol. The molecule has 1 aromatic carbocycles. The van der Waals surface area contributed by atoms with Gasteiger partial charge < -0.3 is 15.8 Å². The molecule has 8 heteroatoms. The van der Waals surface area contributed by atoms with Crippen molar-refractivity contribution in [3.8, 4) is 5.75 Å². The molecule has 2 atom stereocenters. The van der Waals surface area contributed by atoms with Crippen molar-refractivity contribution in [2.45, 2.75) is 31.9 Å². The van der Waals surface area contributed by atoms with Gasteiger partial charge in [0.2, 0.25) is 0 Å². The highest BCUT2D eigenvalue weighted by Crippen LogP contribution is 2.41. The molecule has 0 amide bonds. The van der Waals surface area contributed by atoms with Crippen LogP contribution in [0.4, 0.5) is 14.6 Å². The molecule has 1 aliphatic heterocycles. The van der Waals surface area contributed by atoms with E-state index in [4.69, 9.17) is 10.5 Å². The fraction of sp³-hybridized carbons (Fsp3) is 0.368. The molecule has 0 spiro atoms. The minimum Gasteiger partial charge on any atom is -0.482 e. The maximum atomic E-state index is 14.2. The fourth-order valence-electron chi connectivity index (χ4n) is 3.46. The van der Waals surface area contributed by atoms with Crippen LogP contribution in [0.15, 0.2) is 30.6 Å². The zero-order chi connectivity index (χ0) is 19.2. The molecule has 1 unspecified atom stereocenters. The average Bonchev–Trinajstić information content (AvgIpc) is 3.22. The van der Waals surface area contributed by atoms with Crippen LogP contribution in [0.5, 0.6) is 5.75 Å². The van der Waals surface area contributed by atoms with E-state index in [1.165, 1.54) is 12.1 Å². The number of fused-ring (bicyclic) bond motifs is 2. The van der Waals surface area contributed by atoms with Gasteiger partial charge >= 0.3 is 0 Å². The van der Waals surface area contributed by atoms with Crippen LogP contribution < -0.4 is 15.8 Å². The molecular formula is C19H21F2N5O. The summed E-state index contributed by atoms with van der Waals surface area (Å²) in [6.07, 6.45) is 3.80. The van der Waals surface area contributed by atoms with Crippen molar-refractivity contribution in [3.63, 3.8) is 0 Å². The summed E-state index contributed by atoms with van der Waals surface area (Å²) in [5.74, 6) is 0.744. The van der Waals surface area contributed by atoms with Crippen molar-refractivity contribution in [1.29, 1.82) is 0 Å². The Morgan fingerprint density at radius 3 is 3.00 bits per heavy atom. The van der Waals surface area contributed by atoms with Gasteiger partial charge in [0, 0.05) is 35.9 Å². The molecule has 0 fully saturated rings. The van der Waals surface area contributed by atoms with E-state index >= 15 is 0 Å². The van der Waals surface area contributed by atoms with E-state index < -0.39 is 12.3 Å². The molecule has 0 radical (unpaired) electrons. The number of hydrogen-bond donors (Lipinski definition) is 2. The Kier molecular flexibility index (Phi) is 4.22. The molecule has 4 rings (SSSR count). The molecule has 0 saturated carbocycles. The zero-order valence-electron chi connectivity index (χ0n) is 15.2. The number of hydrogen-bond acceptors (Lipinski definition) is 5. The topological polar surface area (TPSA) is 77.5 Å². The maximum absolute atomic E-state index is 14.2. The van der Waals surface area contributed by atoms with E-state index in [2.05, 4.69) is 15.4 Å². The summed E-state index contributed by atoms with van der Waals surface area (Å²) < 4.78 is 35.2. The molecule has 2 aromatic heterocycles. The molecule has 6 nitrogen and oxygen atoms in total. The van der Waals surface area contributed by atoms with Gasteiger partial charge in [-0.05, 0) is 32.0 Å². The van der Waals surface area contributed by atoms with Crippen LogP contribution in [0.2, 0.25) is 0 Å². The number of benzene rings is 1. The second-order valence-electron chi connectivity index (χ2n) is 7.06. The Bertz CT molecular complexity index is 999. The lowest BCUT2D eigenvalue weighted by Crippen LogP contribution is -2.44. The summed E-state index contributed by atoms with van der Waals surface area (Å²) >= 11 is 0. The third kappa shape index (κ3) is 2.99. The number of ether oxygens (including phenoxy) is 1. The van der Waals surface area contributed by atoms with Gasteiger partial charge in [0.05, 0.1) is 12.2 Å². The third-order valence-corrected chi connectivity index (χ3v) is 4.98. The monoisotopic (exact) mass is 373 g/mol. The maximum Gasteiger partial charge on any atom is 0.160 e. The first-order chi connectivity index (χ1) is 12.9. The van der Waals surface area contributed by atoms with Crippen LogP contribution in [0.25, 0.3) is 5.65 Å². The number of nitrogens with one attached hydrogen (secondary N) is 1. The standard InChI is InChI=1S/C19H21F2N5O/c1-11-8-23-26-4-3-16(25-18(11)26)24-12(2)15-6-14(21)5-13-7-19(9-20,10-22)27-17(13)15/h3-6,8,12H,7,9-10,22H2,1-2H3,(H,24,25)/t12-,19?/m1/s1. The molecule has 27 heavy (non-hydrogen) atoms. The van der Waals surface area contributed by atoms with Crippen LogP contribution in [-0.2, 0) is 6.42 Å². The van der Waals surface area contributed by atoms with Gasteiger partial charge in [-0.15, -0.1) is 0 Å². The van der Waals surface area contributed by atoms with E-state index in [1.807, 2.05) is 13.8 Å². The van der Waals surface area contributed by atoms with Crippen molar-refractivity contribution in [1.82, 2.24) is 14.6 Å². The largest absolute Gasteiger partial charge is 0.482 e. The highest BCUT2D eigenvalue weighted by Gasteiger charge is 2.40. The second-order valence-corrected chi connectivity index (χ2v) is 7.06. The first-order valence-corrected chi connectivity index (χ1v) is 8.79. The highest BCUT2D eigenvalue weighted by atomic mass is 19.1. The van der Waals surface area contributed by atoms with E-state index in [0.717, 1.165) is 11.2 Å². The smallest absolute Gasteiger partial charge is 0.160 e. The molecule has 3 aromatic rings. The van der Waals surface area contributed by atoms with Crippen molar-refractivity contribution in [3.05, 3.63) is 53.1 Å². The number of halogens is 2. The van der Waals surface area contributed by atoms with Gasteiger partial charge in [-0.1, -0.05) is 0 Å². The van der Waals surface area contributed by atoms with Crippen LogP contribution in [0.3, 0.4) is 0 Å². The minimum absolute atomic E-state index is 0.0275. The van der Waals surface area contributed by atoms with Crippen LogP contribution >= 0.6 is 0 Å². The summed E-state index contributed by atoms with van der Waals surface area (Å²) in [6, 6.07) is 4.28. The van der Waals surface area contributed by atoms with Crippen molar-refractivity contribution in [2.24, 2.45) is 5.73 Å². The summed E-state index contributed by atoms with van der Waals surface area (Å²) in [5.41, 5.74) is 7.54. The number of nitrogens with two attached hydrogens (primary N) is 1. The number of aromatic nitrogens is 3. The fourth-order valence-corrected chi connectivity index (χ4v) is 3.46. The summed E-state index contributed by atoms with van der Waals surface area (Å²) in [5, 5.41) is 7.46. The van der Waals surface area contributed by atoms with Gasteiger partial charge in [0.1, 0.15) is 24.1 Å². The molecule has 142 valence electrons. The molecule has 1 aliphatic rings. The Morgan fingerprint density at radius 1 is 1.44 bits per heavy atom. The molecule has 3 heterocycles. The summed E-state index contributed by atoms with van der Waals surface area (Å²) in [6.45, 7) is 3.12. The van der Waals surface area contributed by atoms with Crippen molar-refractivity contribution in [2.75, 3.05) is 18.5 Å². The Morgan fingerprint density at radius 2 is 2.26 bits per heavy atom. The predicted molar refractivity (Wildman–Crippen MR) is 98.3 cm³/mol. The molecule has 0 aliphatic carbocycles. The predicted octanol–water partition coefficient (Wildman–Crippen LogP) is 2.95. The molecular weight excluding hydrogens is 352 g/mol. The minimum atomic E-state index is -1.11. The first kappa shape index (κ1) is 17.7. The zero-order valence-corrected chi connectivity index (χ0v) is 15.2. The van der Waals surface area contributed by atoms with Crippen molar-refractivity contribution >= 4 is 11.5 Å². The van der Waals surface area contributed by atoms with Crippen LogP contribution in [0.1, 0.15) is 29.7 Å². The van der Waals surface area contributed by atoms with Gasteiger partial charge in [-0.25, -0.2) is 18.3 Å². The Balaban J connectivity index is 1.66. The summed E-state index contributed by atoms with van der Waals surface area (Å²) in [7, 11) is 0. The van der Waals surface area contributed by atoms with E-state index in [-0.39, 0.29) is 24.8 Å². The van der Waals surface area contributed by atoms with Gasteiger partial charge in [0.15, 0.2) is 11.2 Å². The number of nitrogens with zero attached hydrogens (tertiary/aromatic N) is 3. The van der Waals surface area contributed by atoms with E-state index in [0.29, 0.717) is 22.7 Å². The van der Waals surface area contributed by atoms with Gasteiger partial charge in [-0.2, -0.15) is 5.10 Å². The third-order valence-electron chi connectivity index (χ3n) is 4.98. The SMILES string of the molecule is Cc1cnn2ccc(N[C@H](C)c3cc(F)cc4c3OC(CN)(CF)C4)nc12. The van der Waals surface area contributed by atoms with Gasteiger partial charge in [-0.3, -0.25) is 0 Å². The number of alkyl halides is 1. The van der Waals surface area contributed by atoms with Crippen LogP contribution in [0, 0.1) is 12.7 Å². The lowest BCUT2D eigenvalue weighted by molar-refractivity contribution is 0.0719. The van der Waals surface area contributed by atoms with Gasteiger partial charge in [0.25, 0.3) is 0 Å². The quantitative estimate of drug-likeness (QED) is 0.719. The normalized spacial score (nSPS) is 19.7. The Labute approximate surface area is 155 Å². The lowest BCUT2D eigenvalue weighted by atomic mass is 9.96. The number of rotatable bonds is 5. The number of aryl methyl sites for hydroxylation is 1. The molecule has 0 bridgehead atoms. The number of anilines is 1. The van der Waals surface area contributed by atoms with E-state index in [1.54, 1.807) is 23.0 Å². The van der Waals surface area contributed by atoms with E-state index in [9.17, 15) is 8.78 Å². The van der Waals surface area contributed by atoms with Crippen LogP contribution in [-0.4, -0.2) is 33.4 Å². The first-order valence-electron chi connectivity index (χ1n) is 8.79. The molecule has 3 N–H and O–H groups in total. The molecule has 0 saturated heterocycles. The highest BCUT2D eigenvalue weighted by molar-refractivity contribution is 5.54. The lowest BCUT2D eigenvalue weighted by Gasteiger charge is -2.25. The summed E-state index contributed by atoms with van der Waals surface area (Å²) in [4.78, 5) is 4.55. The van der Waals surface area contributed by atoms with Crippen molar-refractivity contribution < 1.29 is 13.5 Å².